The van der Waals surface area contributed by atoms with Crippen LogP contribution in [0.4, 0.5) is 0 Å². The molecule has 0 aromatic carbocycles. The molecule has 0 saturated heterocycles. The van der Waals surface area contributed by atoms with Gasteiger partial charge >= 0.3 is 11.9 Å². The smallest absolute Gasteiger partial charge is 0.371 e. The van der Waals surface area contributed by atoms with Gasteiger partial charge in [0.25, 0.3) is 0 Å². The van der Waals surface area contributed by atoms with E-state index in [1.54, 1.807) is 0 Å². The first-order valence-corrected chi connectivity index (χ1v) is 2.93. The molecule has 3 N–H and O–H groups in total. The molecule has 0 amide bonds. The Morgan fingerprint density at radius 2 is 1.33 bits per heavy atom. The van der Waals surface area contributed by atoms with E-state index in [4.69, 9.17) is 15.3 Å². The van der Waals surface area contributed by atoms with Crippen molar-refractivity contribution in [3.05, 3.63) is 0 Å². The van der Waals surface area contributed by atoms with Crippen molar-refractivity contribution in [1.82, 2.24) is 0 Å². The van der Waals surface area contributed by atoms with Crippen molar-refractivity contribution < 1.29 is 29.7 Å². The summed E-state index contributed by atoms with van der Waals surface area (Å²) in [5.41, 5.74) is 0. The zero-order valence-corrected chi connectivity index (χ0v) is 6.64. The number of aliphatic hydroxyl groups excluding tert-OH is 1. The molecule has 0 spiro atoms. The average molecular weight is 178 g/mol. The second-order valence-corrected chi connectivity index (χ2v) is 1.88. The number of carboxylic acid groups (broad SMARTS) is 2. The van der Waals surface area contributed by atoms with Gasteiger partial charge in [-0.1, -0.05) is 0 Å². The number of ketones is 1. The van der Waals surface area contributed by atoms with Gasteiger partial charge in [-0.25, -0.2) is 9.59 Å². The number of carbonyl (C=O) groups is 3. The summed E-state index contributed by atoms with van der Waals surface area (Å²) in [4.78, 5) is 28.3. The molecule has 1 atom stereocenters. The third-order valence-corrected chi connectivity index (χ3v) is 0.659. The molecule has 0 heterocycles. The normalized spacial score (nSPS) is 10.6. The topological polar surface area (TPSA) is 112 Å². The van der Waals surface area contributed by atoms with Crippen molar-refractivity contribution in [2.45, 2.75) is 20.0 Å². The Labute approximate surface area is 68.4 Å². The molecule has 0 aliphatic rings. The fourth-order valence-electron chi connectivity index (χ4n) is 0. The lowest BCUT2D eigenvalue weighted by molar-refractivity contribution is -0.148. The van der Waals surface area contributed by atoms with Crippen LogP contribution in [-0.2, 0) is 14.4 Å². The maximum absolute atomic E-state index is 9.54. The van der Waals surface area contributed by atoms with E-state index in [2.05, 4.69) is 0 Å². The third-order valence-electron chi connectivity index (χ3n) is 0.659. The molecule has 12 heavy (non-hydrogen) atoms. The molecular weight excluding hydrogens is 168 g/mol. The van der Waals surface area contributed by atoms with Crippen molar-refractivity contribution >= 4 is 17.7 Å². The highest BCUT2D eigenvalue weighted by molar-refractivity contribution is 6.31. The molecule has 6 heteroatoms. The Kier molecular flexibility index (Phi) is 6.91. The van der Waals surface area contributed by atoms with Crippen LogP contribution >= 0.6 is 0 Å². The second-order valence-electron chi connectivity index (χ2n) is 1.88. The molecule has 0 bridgehead atoms. The van der Waals surface area contributed by atoms with Gasteiger partial charge in [0.05, 0.1) is 0 Å². The van der Waals surface area contributed by atoms with Gasteiger partial charge in [0.15, 0.2) is 0 Å². The van der Waals surface area contributed by atoms with Crippen LogP contribution in [0, 0.1) is 0 Å². The molecular formula is C6H10O6. The first kappa shape index (κ1) is 13.2. The summed E-state index contributed by atoms with van der Waals surface area (Å²) in [5.74, 6) is -3.39. The SMILES string of the molecule is CC(=O)C(=O)O.CC(O)C(=O)O. The Balaban J connectivity index is 0. The van der Waals surface area contributed by atoms with Crippen molar-refractivity contribution in [1.29, 1.82) is 0 Å². The lowest BCUT2D eigenvalue weighted by atomic mass is 10.4. The largest absolute Gasteiger partial charge is 0.479 e. The van der Waals surface area contributed by atoms with Gasteiger partial charge in [-0.3, -0.25) is 4.79 Å². The van der Waals surface area contributed by atoms with Crippen LogP contribution in [0.25, 0.3) is 0 Å². The summed E-state index contributed by atoms with van der Waals surface area (Å²) < 4.78 is 0. The van der Waals surface area contributed by atoms with Crippen molar-refractivity contribution in [3.63, 3.8) is 0 Å². The van der Waals surface area contributed by atoms with Gasteiger partial charge in [0, 0.05) is 6.92 Å². The molecule has 6 nitrogen and oxygen atoms in total. The number of hydrogen-bond donors (Lipinski definition) is 3. The average Bonchev–Trinajstić information content (AvgIpc) is 1.88. The van der Waals surface area contributed by atoms with E-state index >= 15 is 0 Å². The summed E-state index contributed by atoms with van der Waals surface area (Å²) >= 11 is 0. The summed E-state index contributed by atoms with van der Waals surface area (Å²) in [6.07, 6.45) is -1.23. The van der Waals surface area contributed by atoms with Crippen LogP contribution in [-0.4, -0.2) is 39.1 Å². The van der Waals surface area contributed by atoms with E-state index in [1.165, 1.54) is 6.92 Å². The quantitative estimate of drug-likeness (QED) is 0.473. The highest BCUT2D eigenvalue weighted by Crippen LogP contribution is 1.73. The van der Waals surface area contributed by atoms with Crippen LogP contribution in [0.1, 0.15) is 13.8 Å². The predicted octanol–water partition coefficient (Wildman–Crippen LogP) is -0.888. The second kappa shape index (κ2) is 6.29. The number of Topliss-reactive ketones (excluding diaryl/α,β-unsaturated/α-hetero) is 1. The van der Waals surface area contributed by atoms with Crippen LogP contribution in [0.2, 0.25) is 0 Å². The van der Waals surface area contributed by atoms with Crippen molar-refractivity contribution in [3.8, 4) is 0 Å². The molecule has 0 radical (unpaired) electrons. The first-order chi connectivity index (χ1) is 5.29. The fourth-order valence-corrected chi connectivity index (χ4v) is 0. The fraction of sp³-hybridized carbons (Fsp3) is 0.500. The number of carboxylic acids is 2. The summed E-state index contributed by atoms with van der Waals surface area (Å²) in [6.45, 7) is 2.20. The lowest BCUT2D eigenvalue weighted by Gasteiger charge is -1.89. The van der Waals surface area contributed by atoms with E-state index in [-0.39, 0.29) is 0 Å². The maximum atomic E-state index is 9.54. The predicted molar refractivity (Wildman–Crippen MR) is 37.6 cm³/mol. The molecule has 0 rings (SSSR count). The number of rotatable bonds is 2. The Morgan fingerprint density at radius 3 is 1.33 bits per heavy atom. The monoisotopic (exact) mass is 178 g/mol. The van der Waals surface area contributed by atoms with E-state index in [0.717, 1.165) is 6.92 Å². The first-order valence-electron chi connectivity index (χ1n) is 2.93. The van der Waals surface area contributed by atoms with Gasteiger partial charge in [-0.05, 0) is 6.92 Å². The molecule has 1 unspecified atom stereocenters. The van der Waals surface area contributed by atoms with E-state index in [0.29, 0.717) is 0 Å². The van der Waals surface area contributed by atoms with Crippen molar-refractivity contribution in [2.24, 2.45) is 0 Å². The minimum absolute atomic E-state index is 0.824. The Hall–Kier alpha value is -1.43. The minimum Gasteiger partial charge on any atom is -0.479 e. The molecule has 0 aromatic rings. The van der Waals surface area contributed by atoms with E-state index in [9.17, 15) is 14.4 Å². The van der Waals surface area contributed by atoms with Gasteiger partial charge in [-0.2, -0.15) is 0 Å². The van der Waals surface area contributed by atoms with Gasteiger partial charge in [0.1, 0.15) is 6.10 Å². The number of carbonyl (C=O) groups excluding carboxylic acids is 1. The van der Waals surface area contributed by atoms with Gasteiger partial charge < -0.3 is 15.3 Å². The number of hydrogen-bond acceptors (Lipinski definition) is 4. The standard InChI is InChI=1S/C3H6O3.C3H4O3/c2*1-2(4)3(5)6/h2,4H,1H3,(H,5,6);1H3,(H,5,6). The third kappa shape index (κ3) is 11.4. The molecule has 0 aliphatic carbocycles. The Bertz CT molecular complexity index is 170. The van der Waals surface area contributed by atoms with Crippen molar-refractivity contribution in [2.75, 3.05) is 0 Å². The maximum Gasteiger partial charge on any atom is 0.371 e. The highest BCUT2D eigenvalue weighted by Gasteiger charge is 2.01. The van der Waals surface area contributed by atoms with Crippen LogP contribution in [0.3, 0.4) is 0 Å². The van der Waals surface area contributed by atoms with Crippen LogP contribution < -0.4 is 0 Å². The zero-order valence-electron chi connectivity index (χ0n) is 6.64. The Morgan fingerprint density at radius 1 is 1.17 bits per heavy atom. The molecule has 0 aromatic heterocycles. The molecule has 70 valence electrons. The van der Waals surface area contributed by atoms with Gasteiger partial charge in [-0.15, -0.1) is 0 Å². The van der Waals surface area contributed by atoms with E-state index < -0.39 is 23.8 Å². The van der Waals surface area contributed by atoms with Crippen LogP contribution in [0.15, 0.2) is 0 Å². The molecule has 0 fully saturated rings. The summed E-state index contributed by atoms with van der Waals surface area (Å²) in [5, 5.41) is 23.4. The van der Waals surface area contributed by atoms with Crippen LogP contribution in [0.5, 0.6) is 0 Å². The van der Waals surface area contributed by atoms with Gasteiger partial charge in [0.2, 0.25) is 5.78 Å². The minimum atomic E-state index is -1.38. The molecule has 0 saturated carbocycles. The number of aliphatic carboxylic acids is 2. The lowest BCUT2D eigenvalue weighted by Crippen LogP contribution is -2.13. The highest BCUT2D eigenvalue weighted by atomic mass is 16.4. The number of aliphatic hydroxyl groups is 1. The van der Waals surface area contributed by atoms with E-state index in [1.807, 2.05) is 0 Å². The zero-order chi connectivity index (χ0) is 10.3. The molecule has 0 aliphatic heterocycles. The summed E-state index contributed by atoms with van der Waals surface area (Å²) in [7, 11) is 0. The summed E-state index contributed by atoms with van der Waals surface area (Å²) in [6, 6.07) is 0.